The van der Waals surface area contributed by atoms with Crippen molar-refractivity contribution in [2.45, 2.75) is 38.5 Å². The molecule has 25 heavy (non-hydrogen) atoms. The van der Waals surface area contributed by atoms with E-state index in [1.807, 2.05) is 23.2 Å². The van der Waals surface area contributed by atoms with E-state index >= 15 is 0 Å². The average Bonchev–Trinajstić information content (AvgIpc) is 3.36. The Bertz CT molecular complexity index is 733. The second-order valence-corrected chi connectivity index (χ2v) is 6.82. The Kier molecular flexibility index (Phi) is 5.74. The quantitative estimate of drug-likeness (QED) is 0.711. The summed E-state index contributed by atoms with van der Waals surface area (Å²) in [4.78, 5) is 29.0. The predicted molar refractivity (Wildman–Crippen MR) is 97.2 cm³/mol. The number of hydrogen-bond donors (Lipinski definition) is 1. The van der Waals surface area contributed by atoms with Crippen molar-refractivity contribution in [2.75, 3.05) is 20.2 Å². The summed E-state index contributed by atoms with van der Waals surface area (Å²) in [5, 5.41) is 1.23. The lowest BCUT2D eigenvalue weighted by Crippen LogP contribution is -2.34. The summed E-state index contributed by atoms with van der Waals surface area (Å²) in [7, 11) is 1.38. The molecule has 0 bridgehead atoms. The Morgan fingerprint density at radius 2 is 2.04 bits per heavy atom. The van der Waals surface area contributed by atoms with Crippen LogP contribution in [0.2, 0.25) is 0 Å². The number of benzene rings is 1. The number of rotatable bonds is 9. The minimum absolute atomic E-state index is 0.149. The highest BCUT2D eigenvalue weighted by Gasteiger charge is 2.26. The highest BCUT2D eigenvalue weighted by molar-refractivity contribution is 5.83. The number of amides is 1. The van der Waals surface area contributed by atoms with Gasteiger partial charge in [0.1, 0.15) is 0 Å². The molecule has 5 heteroatoms. The number of H-pyrrole nitrogens is 1. The van der Waals surface area contributed by atoms with Crippen LogP contribution in [0.4, 0.5) is 0 Å². The molecular formula is C20H26N2O3. The minimum Gasteiger partial charge on any atom is -0.469 e. The van der Waals surface area contributed by atoms with Gasteiger partial charge in [-0.1, -0.05) is 18.2 Å². The summed E-state index contributed by atoms with van der Waals surface area (Å²) in [6, 6.07) is 8.25. The Morgan fingerprint density at radius 1 is 1.24 bits per heavy atom. The van der Waals surface area contributed by atoms with Gasteiger partial charge in [0.25, 0.3) is 0 Å². The molecule has 1 N–H and O–H groups in total. The summed E-state index contributed by atoms with van der Waals surface area (Å²) in [5.41, 5.74) is 2.38. The molecule has 1 aromatic heterocycles. The van der Waals surface area contributed by atoms with E-state index in [0.717, 1.165) is 25.0 Å². The monoisotopic (exact) mass is 342 g/mol. The van der Waals surface area contributed by atoms with Crippen molar-refractivity contribution >= 4 is 22.8 Å². The lowest BCUT2D eigenvalue weighted by Gasteiger charge is -2.22. The number of ether oxygens (including phenoxy) is 1. The minimum atomic E-state index is -0.250. The SMILES string of the molecule is COC(=O)CCCC(=O)N(CCc1c[nH]c2ccccc12)CC1CC1. The summed E-state index contributed by atoms with van der Waals surface area (Å²) in [6.07, 6.45) is 6.61. The molecule has 1 amide bonds. The van der Waals surface area contributed by atoms with E-state index in [4.69, 9.17) is 0 Å². The average molecular weight is 342 g/mol. The van der Waals surface area contributed by atoms with Gasteiger partial charge >= 0.3 is 5.97 Å². The normalized spacial score (nSPS) is 13.8. The molecule has 1 aliphatic rings. The number of para-hydroxylation sites is 1. The third kappa shape index (κ3) is 4.84. The standard InChI is InChI=1S/C20H26N2O3/c1-25-20(24)8-4-7-19(23)22(14-15-9-10-15)12-11-16-13-21-18-6-3-2-5-17(16)18/h2-3,5-6,13,15,21H,4,7-12,14H2,1H3. The first-order chi connectivity index (χ1) is 12.2. The van der Waals surface area contributed by atoms with Crippen LogP contribution in [-0.4, -0.2) is 42.0 Å². The molecule has 1 aromatic carbocycles. The van der Waals surface area contributed by atoms with E-state index < -0.39 is 0 Å². The summed E-state index contributed by atoms with van der Waals surface area (Å²) >= 11 is 0. The van der Waals surface area contributed by atoms with E-state index in [9.17, 15) is 9.59 Å². The van der Waals surface area contributed by atoms with E-state index in [1.54, 1.807) is 0 Å². The lowest BCUT2D eigenvalue weighted by atomic mass is 10.1. The summed E-state index contributed by atoms with van der Waals surface area (Å²) in [5.74, 6) is 0.559. The highest BCUT2D eigenvalue weighted by Crippen LogP contribution is 2.30. The van der Waals surface area contributed by atoms with Crippen LogP contribution in [0.15, 0.2) is 30.5 Å². The molecule has 5 nitrogen and oxygen atoms in total. The van der Waals surface area contributed by atoms with E-state index in [0.29, 0.717) is 25.2 Å². The first-order valence-corrected chi connectivity index (χ1v) is 9.07. The van der Waals surface area contributed by atoms with Gasteiger partial charge in [-0.05, 0) is 43.2 Å². The molecule has 1 heterocycles. The van der Waals surface area contributed by atoms with Crippen LogP contribution in [0.1, 0.15) is 37.7 Å². The number of nitrogens with zero attached hydrogens (tertiary/aromatic N) is 1. The predicted octanol–water partition coefficient (Wildman–Crippen LogP) is 3.29. The van der Waals surface area contributed by atoms with Gasteiger partial charge in [-0.25, -0.2) is 0 Å². The van der Waals surface area contributed by atoms with Crippen LogP contribution in [0.25, 0.3) is 10.9 Å². The third-order valence-corrected chi connectivity index (χ3v) is 4.85. The molecule has 1 saturated carbocycles. The maximum Gasteiger partial charge on any atom is 0.305 e. The van der Waals surface area contributed by atoms with Crippen molar-refractivity contribution in [2.24, 2.45) is 5.92 Å². The molecule has 1 fully saturated rings. The molecule has 0 spiro atoms. The first kappa shape index (κ1) is 17.5. The number of aromatic nitrogens is 1. The maximum absolute atomic E-state index is 12.6. The van der Waals surface area contributed by atoms with Crippen LogP contribution in [0.3, 0.4) is 0 Å². The highest BCUT2D eigenvalue weighted by atomic mass is 16.5. The second-order valence-electron chi connectivity index (χ2n) is 6.82. The molecule has 1 aliphatic carbocycles. The maximum atomic E-state index is 12.6. The number of esters is 1. The Hall–Kier alpha value is -2.30. The molecule has 0 saturated heterocycles. The van der Waals surface area contributed by atoms with Crippen molar-refractivity contribution in [1.29, 1.82) is 0 Å². The molecule has 0 unspecified atom stereocenters. The topological polar surface area (TPSA) is 62.4 Å². The molecule has 0 radical (unpaired) electrons. The molecule has 0 atom stereocenters. The largest absolute Gasteiger partial charge is 0.469 e. The zero-order chi connectivity index (χ0) is 17.6. The lowest BCUT2D eigenvalue weighted by molar-refractivity contribution is -0.140. The van der Waals surface area contributed by atoms with E-state index in [-0.39, 0.29) is 11.9 Å². The number of methoxy groups -OCH3 is 1. The zero-order valence-electron chi connectivity index (χ0n) is 14.8. The fraction of sp³-hybridized carbons (Fsp3) is 0.500. The Labute approximate surface area is 148 Å². The van der Waals surface area contributed by atoms with Gasteiger partial charge in [0.2, 0.25) is 5.91 Å². The van der Waals surface area contributed by atoms with Gasteiger partial charge < -0.3 is 14.6 Å². The fourth-order valence-corrected chi connectivity index (χ4v) is 3.17. The number of fused-ring (bicyclic) bond motifs is 1. The number of hydrogen-bond acceptors (Lipinski definition) is 3. The fourth-order valence-electron chi connectivity index (χ4n) is 3.17. The second kappa shape index (κ2) is 8.19. The molecular weight excluding hydrogens is 316 g/mol. The third-order valence-electron chi connectivity index (χ3n) is 4.85. The zero-order valence-corrected chi connectivity index (χ0v) is 14.8. The number of carbonyl (C=O) groups excluding carboxylic acids is 2. The Morgan fingerprint density at radius 3 is 2.80 bits per heavy atom. The summed E-state index contributed by atoms with van der Waals surface area (Å²) in [6.45, 7) is 1.58. The van der Waals surface area contributed by atoms with Crippen LogP contribution >= 0.6 is 0 Å². The van der Waals surface area contributed by atoms with Crippen molar-refractivity contribution in [1.82, 2.24) is 9.88 Å². The number of nitrogens with one attached hydrogen (secondary N) is 1. The van der Waals surface area contributed by atoms with Gasteiger partial charge in [-0.15, -0.1) is 0 Å². The van der Waals surface area contributed by atoms with Crippen molar-refractivity contribution < 1.29 is 14.3 Å². The van der Waals surface area contributed by atoms with E-state index in [1.165, 1.54) is 30.9 Å². The van der Waals surface area contributed by atoms with Gasteiger partial charge in [-0.2, -0.15) is 0 Å². The molecule has 2 aromatic rings. The van der Waals surface area contributed by atoms with Gasteiger partial charge in [0.05, 0.1) is 7.11 Å². The molecule has 0 aliphatic heterocycles. The van der Waals surface area contributed by atoms with Crippen molar-refractivity contribution in [3.8, 4) is 0 Å². The molecule has 134 valence electrons. The smallest absolute Gasteiger partial charge is 0.305 e. The summed E-state index contributed by atoms with van der Waals surface area (Å²) < 4.78 is 4.64. The Balaban J connectivity index is 1.56. The van der Waals surface area contributed by atoms with Gasteiger partial charge in [0.15, 0.2) is 0 Å². The number of aromatic amines is 1. The van der Waals surface area contributed by atoms with Gasteiger partial charge in [0, 0.05) is 43.0 Å². The van der Waals surface area contributed by atoms with Crippen molar-refractivity contribution in [3.63, 3.8) is 0 Å². The molecule has 3 rings (SSSR count). The van der Waals surface area contributed by atoms with Crippen LogP contribution in [0.5, 0.6) is 0 Å². The van der Waals surface area contributed by atoms with Crippen molar-refractivity contribution in [3.05, 3.63) is 36.0 Å². The van der Waals surface area contributed by atoms with Gasteiger partial charge in [-0.3, -0.25) is 9.59 Å². The van der Waals surface area contributed by atoms with Crippen LogP contribution in [-0.2, 0) is 20.7 Å². The van der Waals surface area contributed by atoms with Crippen LogP contribution in [0, 0.1) is 5.92 Å². The van der Waals surface area contributed by atoms with E-state index in [2.05, 4.69) is 21.9 Å². The van der Waals surface area contributed by atoms with Crippen LogP contribution < -0.4 is 0 Å². The first-order valence-electron chi connectivity index (χ1n) is 9.07. The number of carbonyl (C=O) groups is 2.